The molecule has 4 nitrogen and oxygen atoms in total. The van der Waals surface area contributed by atoms with E-state index in [-0.39, 0.29) is 11.9 Å². The minimum atomic E-state index is -0.989. The van der Waals surface area contributed by atoms with Crippen LogP contribution in [-0.4, -0.2) is 23.0 Å². The molecule has 2 atom stereocenters. The Balaban J connectivity index is 1.93. The number of carboxylic acids is 1. The molecule has 0 aromatic rings. The fraction of sp³-hybridized carbons (Fsp3) is 0.818. The highest BCUT2D eigenvalue weighted by Crippen LogP contribution is 2.32. The third-order valence-electron chi connectivity index (χ3n) is 3.68. The van der Waals surface area contributed by atoms with E-state index in [1.54, 1.807) is 0 Å². The van der Waals surface area contributed by atoms with Crippen molar-refractivity contribution in [2.24, 2.45) is 11.8 Å². The summed E-state index contributed by atoms with van der Waals surface area (Å²) in [6.07, 6.45) is 6.19. The molecular weight excluding hydrogens is 194 g/mol. The van der Waals surface area contributed by atoms with Gasteiger partial charge in [-0.2, -0.15) is 0 Å². The molecule has 4 heteroatoms. The summed E-state index contributed by atoms with van der Waals surface area (Å²) in [7, 11) is 0. The van der Waals surface area contributed by atoms with Crippen LogP contribution in [0.1, 0.15) is 38.5 Å². The third-order valence-corrected chi connectivity index (χ3v) is 3.68. The van der Waals surface area contributed by atoms with E-state index in [0.29, 0.717) is 12.3 Å². The van der Waals surface area contributed by atoms with Crippen molar-refractivity contribution in [3.63, 3.8) is 0 Å². The Morgan fingerprint density at radius 2 is 1.87 bits per heavy atom. The van der Waals surface area contributed by atoms with Crippen molar-refractivity contribution in [3.05, 3.63) is 0 Å². The van der Waals surface area contributed by atoms with Crippen molar-refractivity contribution >= 4 is 11.9 Å². The van der Waals surface area contributed by atoms with Gasteiger partial charge in [-0.25, -0.2) is 0 Å². The molecule has 1 aliphatic carbocycles. The lowest BCUT2D eigenvalue weighted by Crippen LogP contribution is -2.49. The molecule has 1 saturated heterocycles. The molecule has 0 aromatic carbocycles. The van der Waals surface area contributed by atoms with Crippen molar-refractivity contribution in [1.82, 2.24) is 5.32 Å². The monoisotopic (exact) mass is 211 g/mol. The maximum Gasteiger partial charge on any atom is 0.316 e. The Labute approximate surface area is 89.0 Å². The number of rotatable bonds is 2. The average molecular weight is 211 g/mol. The van der Waals surface area contributed by atoms with Gasteiger partial charge in [0.25, 0.3) is 0 Å². The maximum absolute atomic E-state index is 11.5. The summed E-state index contributed by atoms with van der Waals surface area (Å²) in [5.74, 6) is -1.51. The van der Waals surface area contributed by atoms with Gasteiger partial charge < -0.3 is 10.4 Å². The fourth-order valence-electron chi connectivity index (χ4n) is 2.78. The van der Waals surface area contributed by atoms with Gasteiger partial charge in [0, 0.05) is 6.04 Å². The molecule has 0 spiro atoms. The first kappa shape index (κ1) is 10.5. The zero-order valence-electron chi connectivity index (χ0n) is 8.74. The lowest BCUT2D eigenvalue weighted by atomic mass is 9.86. The van der Waals surface area contributed by atoms with E-state index >= 15 is 0 Å². The number of carbonyl (C=O) groups is 2. The predicted octanol–water partition coefficient (Wildman–Crippen LogP) is 1.16. The second-order valence-corrected chi connectivity index (χ2v) is 4.63. The van der Waals surface area contributed by atoms with E-state index in [1.165, 1.54) is 25.7 Å². The minimum absolute atomic E-state index is 0.232. The molecule has 0 bridgehead atoms. The predicted molar refractivity (Wildman–Crippen MR) is 54.2 cm³/mol. The molecule has 1 saturated carbocycles. The second kappa shape index (κ2) is 4.21. The van der Waals surface area contributed by atoms with E-state index in [4.69, 9.17) is 5.11 Å². The number of piperidine rings is 1. The summed E-state index contributed by atoms with van der Waals surface area (Å²) in [5, 5.41) is 11.7. The Hall–Kier alpha value is -1.06. The van der Waals surface area contributed by atoms with Crippen LogP contribution >= 0.6 is 0 Å². The summed E-state index contributed by atoms with van der Waals surface area (Å²) in [4.78, 5) is 22.2. The van der Waals surface area contributed by atoms with Crippen molar-refractivity contribution in [2.45, 2.75) is 44.6 Å². The number of carbonyl (C=O) groups excluding carboxylic acids is 1. The maximum atomic E-state index is 11.5. The lowest BCUT2D eigenvalue weighted by molar-refractivity contribution is -0.149. The zero-order chi connectivity index (χ0) is 10.8. The average Bonchev–Trinajstić information content (AvgIpc) is 2.69. The highest BCUT2D eigenvalue weighted by atomic mass is 16.4. The first-order valence-corrected chi connectivity index (χ1v) is 5.71. The third kappa shape index (κ3) is 2.13. The molecular formula is C11H17NO3. The highest BCUT2D eigenvalue weighted by Gasteiger charge is 2.36. The molecule has 1 heterocycles. The van der Waals surface area contributed by atoms with Crippen LogP contribution in [0, 0.1) is 11.8 Å². The van der Waals surface area contributed by atoms with Gasteiger partial charge in [-0.05, 0) is 31.6 Å². The summed E-state index contributed by atoms with van der Waals surface area (Å²) >= 11 is 0. The number of carboxylic acid groups (broad SMARTS) is 1. The Morgan fingerprint density at radius 3 is 2.40 bits per heavy atom. The molecule has 1 aliphatic heterocycles. The number of nitrogens with one attached hydrogen (secondary N) is 1. The number of hydrogen-bond donors (Lipinski definition) is 2. The molecule has 84 valence electrons. The fourth-order valence-corrected chi connectivity index (χ4v) is 2.78. The van der Waals surface area contributed by atoms with Crippen LogP contribution < -0.4 is 5.32 Å². The number of amides is 1. The van der Waals surface area contributed by atoms with Crippen LogP contribution in [-0.2, 0) is 9.59 Å². The van der Waals surface area contributed by atoms with Gasteiger partial charge in [0.1, 0.15) is 5.92 Å². The van der Waals surface area contributed by atoms with Crippen LogP contribution in [0.2, 0.25) is 0 Å². The summed E-state index contributed by atoms with van der Waals surface area (Å²) in [5.41, 5.74) is 0. The molecule has 0 aromatic heterocycles. The van der Waals surface area contributed by atoms with Gasteiger partial charge in [-0.3, -0.25) is 9.59 Å². The Morgan fingerprint density at radius 1 is 1.20 bits per heavy atom. The second-order valence-electron chi connectivity index (χ2n) is 4.63. The normalized spacial score (nSPS) is 32.7. The Bertz CT molecular complexity index is 271. The summed E-state index contributed by atoms with van der Waals surface area (Å²) < 4.78 is 0. The smallest absolute Gasteiger partial charge is 0.316 e. The van der Waals surface area contributed by atoms with Gasteiger partial charge in [-0.1, -0.05) is 12.8 Å². The Kier molecular flexibility index (Phi) is 2.93. The van der Waals surface area contributed by atoms with Crippen LogP contribution in [0.4, 0.5) is 0 Å². The first-order chi connectivity index (χ1) is 7.18. The summed E-state index contributed by atoms with van der Waals surface area (Å²) in [6, 6.07) is 0.232. The highest BCUT2D eigenvalue weighted by molar-refractivity contribution is 5.97. The number of hydrogen-bond acceptors (Lipinski definition) is 2. The van der Waals surface area contributed by atoms with Crippen LogP contribution in [0.15, 0.2) is 0 Å². The standard InChI is InChI=1S/C11H17NO3/c13-10-8(11(14)15)5-6-9(12-10)7-3-1-2-4-7/h7-9H,1-6H2,(H,12,13)(H,14,15). The molecule has 0 radical (unpaired) electrons. The van der Waals surface area contributed by atoms with Crippen molar-refractivity contribution in [1.29, 1.82) is 0 Å². The number of aliphatic carboxylic acids is 1. The quantitative estimate of drug-likeness (QED) is 0.673. The molecule has 2 unspecified atom stereocenters. The van der Waals surface area contributed by atoms with Crippen LogP contribution in [0.25, 0.3) is 0 Å². The van der Waals surface area contributed by atoms with Gasteiger partial charge in [0.2, 0.25) is 5.91 Å². The van der Waals surface area contributed by atoms with Crippen molar-refractivity contribution in [2.75, 3.05) is 0 Å². The molecule has 2 rings (SSSR count). The molecule has 15 heavy (non-hydrogen) atoms. The van der Waals surface area contributed by atoms with Gasteiger partial charge in [0.05, 0.1) is 0 Å². The van der Waals surface area contributed by atoms with Gasteiger partial charge in [0.15, 0.2) is 0 Å². The molecule has 2 fully saturated rings. The zero-order valence-corrected chi connectivity index (χ0v) is 8.74. The van der Waals surface area contributed by atoms with Gasteiger partial charge >= 0.3 is 5.97 Å². The molecule has 1 amide bonds. The minimum Gasteiger partial charge on any atom is -0.481 e. The SMILES string of the molecule is O=C(O)C1CCC(C2CCCC2)NC1=O. The largest absolute Gasteiger partial charge is 0.481 e. The summed E-state index contributed by atoms with van der Waals surface area (Å²) in [6.45, 7) is 0. The molecule has 2 N–H and O–H groups in total. The van der Waals surface area contributed by atoms with Gasteiger partial charge in [-0.15, -0.1) is 0 Å². The first-order valence-electron chi connectivity index (χ1n) is 5.71. The molecule has 2 aliphatic rings. The lowest BCUT2D eigenvalue weighted by Gasteiger charge is -2.31. The van der Waals surface area contributed by atoms with E-state index < -0.39 is 11.9 Å². The van der Waals surface area contributed by atoms with E-state index in [0.717, 1.165) is 6.42 Å². The van der Waals surface area contributed by atoms with Crippen LogP contribution in [0.5, 0.6) is 0 Å². The van der Waals surface area contributed by atoms with Crippen molar-refractivity contribution in [3.8, 4) is 0 Å². The van der Waals surface area contributed by atoms with Crippen molar-refractivity contribution < 1.29 is 14.7 Å². The topological polar surface area (TPSA) is 66.4 Å². The van der Waals surface area contributed by atoms with E-state index in [1.807, 2.05) is 0 Å². The van der Waals surface area contributed by atoms with Crippen LogP contribution in [0.3, 0.4) is 0 Å². The van der Waals surface area contributed by atoms with E-state index in [9.17, 15) is 9.59 Å². The van der Waals surface area contributed by atoms with E-state index in [2.05, 4.69) is 5.32 Å².